The van der Waals surface area contributed by atoms with Crippen LogP contribution in [-0.2, 0) is 4.79 Å². The number of hydrogen-bond donors (Lipinski definition) is 2. The molecule has 6 nitrogen and oxygen atoms in total. The van der Waals surface area contributed by atoms with Crippen LogP contribution in [0.3, 0.4) is 0 Å². The number of nitrogens with one attached hydrogen (secondary N) is 1. The van der Waals surface area contributed by atoms with E-state index in [1.165, 1.54) is 13.3 Å². The average Bonchev–Trinajstić information content (AvgIpc) is 2.36. The Balaban J connectivity index is 2.50. The normalized spacial score (nSPS) is 11.7. The third kappa shape index (κ3) is 4.40. The summed E-state index contributed by atoms with van der Waals surface area (Å²) in [4.78, 5) is 26.1. The van der Waals surface area contributed by atoms with Crippen molar-refractivity contribution in [1.82, 2.24) is 10.3 Å². The van der Waals surface area contributed by atoms with Crippen molar-refractivity contribution in [2.75, 3.05) is 7.11 Å². The number of hydrogen-bond acceptors (Lipinski definition) is 4. The van der Waals surface area contributed by atoms with Gasteiger partial charge < -0.3 is 15.2 Å². The Morgan fingerprint density at radius 3 is 2.72 bits per heavy atom. The number of carbonyl (C=O) groups excluding carboxylic acids is 1. The number of nitrogens with zero attached hydrogens (tertiary/aromatic N) is 1. The maximum atomic E-state index is 11.8. The fraction of sp³-hybridized carbons (Fsp3) is 0.417. The van der Waals surface area contributed by atoms with Crippen LogP contribution in [0.5, 0.6) is 5.88 Å². The molecule has 0 aromatic carbocycles. The fourth-order valence-corrected chi connectivity index (χ4v) is 1.35. The summed E-state index contributed by atoms with van der Waals surface area (Å²) in [5, 5.41) is 11.2. The summed E-state index contributed by atoms with van der Waals surface area (Å²) >= 11 is 0. The molecular weight excluding hydrogens is 236 g/mol. The van der Waals surface area contributed by atoms with Crippen molar-refractivity contribution in [3.63, 3.8) is 0 Å². The maximum Gasteiger partial charge on any atom is 0.303 e. The first-order valence-corrected chi connectivity index (χ1v) is 5.55. The topological polar surface area (TPSA) is 88.5 Å². The monoisotopic (exact) mass is 252 g/mol. The maximum absolute atomic E-state index is 11.8. The van der Waals surface area contributed by atoms with Crippen LogP contribution >= 0.6 is 0 Å². The fourth-order valence-electron chi connectivity index (χ4n) is 1.35. The molecule has 1 aromatic rings. The molecule has 6 heteroatoms. The van der Waals surface area contributed by atoms with Crippen LogP contribution in [0, 0.1) is 0 Å². The Morgan fingerprint density at radius 2 is 2.22 bits per heavy atom. The van der Waals surface area contributed by atoms with E-state index < -0.39 is 5.97 Å². The van der Waals surface area contributed by atoms with Gasteiger partial charge in [0.25, 0.3) is 5.91 Å². The highest BCUT2D eigenvalue weighted by atomic mass is 16.5. The number of carboxylic acid groups (broad SMARTS) is 1. The van der Waals surface area contributed by atoms with E-state index in [4.69, 9.17) is 9.84 Å². The Hall–Kier alpha value is -2.11. The number of carbonyl (C=O) groups is 2. The van der Waals surface area contributed by atoms with Gasteiger partial charge in [0.2, 0.25) is 5.88 Å². The molecular formula is C12H16N2O4. The summed E-state index contributed by atoms with van der Waals surface area (Å²) in [5.74, 6) is -0.712. The van der Waals surface area contributed by atoms with Gasteiger partial charge in [0, 0.05) is 24.7 Å². The van der Waals surface area contributed by atoms with E-state index in [0.29, 0.717) is 17.9 Å². The number of aromatic nitrogens is 1. The molecule has 1 rings (SSSR count). The summed E-state index contributed by atoms with van der Waals surface area (Å²) < 4.78 is 4.89. The quantitative estimate of drug-likeness (QED) is 0.790. The minimum Gasteiger partial charge on any atom is -0.481 e. The van der Waals surface area contributed by atoms with E-state index in [-0.39, 0.29) is 18.4 Å². The molecule has 0 aliphatic carbocycles. The molecule has 0 saturated carbocycles. The molecule has 1 heterocycles. The molecule has 1 unspecified atom stereocenters. The third-order valence-corrected chi connectivity index (χ3v) is 2.38. The van der Waals surface area contributed by atoms with Gasteiger partial charge >= 0.3 is 5.97 Å². The van der Waals surface area contributed by atoms with Crippen molar-refractivity contribution < 1.29 is 19.4 Å². The first-order chi connectivity index (χ1) is 8.52. The summed E-state index contributed by atoms with van der Waals surface area (Å²) in [6, 6.07) is 3.00. The molecule has 0 spiro atoms. The molecule has 0 aliphatic heterocycles. The van der Waals surface area contributed by atoms with Gasteiger partial charge in [0.1, 0.15) is 0 Å². The lowest BCUT2D eigenvalue weighted by molar-refractivity contribution is -0.137. The second kappa shape index (κ2) is 6.58. The standard InChI is InChI=1S/C12H16N2O4/c1-8(3-6-11(15)16)14-12(17)9-4-5-10(18-2)13-7-9/h4-5,7-8H,3,6H2,1-2H3,(H,14,17)(H,15,16). The number of pyridine rings is 1. The Labute approximate surface area is 105 Å². The van der Waals surface area contributed by atoms with E-state index in [0.717, 1.165) is 0 Å². The largest absolute Gasteiger partial charge is 0.481 e. The van der Waals surface area contributed by atoms with Crippen LogP contribution in [0.1, 0.15) is 30.1 Å². The van der Waals surface area contributed by atoms with Crippen molar-refractivity contribution in [3.8, 4) is 5.88 Å². The van der Waals surface area contributed by atoms with Gasteiger partial charge in [-0.1, -0.05) is 0 Å². The minimum atomic E-state index is -0.873. The van der Waals surface area contributed by atoms with Gasteiger partial charge in [-0.25, -0.2) is 4.98 Å². The van der Waals surface area contributed by atoms with Crippen LogP contribution < -0.4 is 10.1 Å². The Bertz CT molecular complexity index is 417. The zero-order chi connectivity index (χ0) is 13.5. The molecule has 1 amide bonds. The third-order valence-electron chi connectivity index (χ3n) is 2.38. The van der Waals surface area contributed by atoms with Crippen molar-refractivity contribution in [1.29, 1.82) is 0 Å². The van der Waals surface area contributed by atoms with Crippen molar-refractivity contribution in [3.05, 3.63) is 23.9 Å². The number of aliphatic carboxylic acids is 1. The lowest BCUT2D eigenvalue weighted by Gasteiger charge is -2.12. The first kappa shape index (κ1) is 14.0. The Kier molecular flexibility index (Phi) is 5.10. The predicted octanol–water partition coefficient (Wildman–Crippen LogP) is 1.07. The zero-order valence-corrected chi connectivity index (χ0v) is 10.3. The number of ether oxygens (including phenoxy) is 1. The highest BCUT2D eigenvalue weighted by Crippen LogP contribution is 2.07. The summed E-state index contributed by atoms with van der Waals surface area (Å²) in [6.07, 6.45) is 1.84. The number of carboxylic acids is 1. The number of rotatable bonds is 6. The first-order valence-electron chi connectivity index (χ1n) is 5.55. The predicted molar refractivity (Wildman–Crippen MR) is 64.6 cm³/mol. The van der Waals surface area contributed by atoms with E-state index in [9.17, 15) is 9.59 Å². The van der Waals surface area contributed by atoms with E-state index >= 15 is 0 Å². The second-order valence-electron chi connectivity index (χ2n) is 3.90. The highest BCUT2D eigenvalue weighted by Gasteiger charge is 2.11. The molecule has 0 fully saturated rings. The van der Waals surface area contributed by atoms with Gasteiger partial charge in [-0.3, -0.25) is 9.59 Å². The molecule has 1 aromatic heterocycles. The van der Waals surface area contributed by atoms with E-state index in [2.05, 4.69) is 10.3 Å². The smallest absolute Gasteiger partial charge is 0.303 e. The van der Waals surface area contributed by atoms with Gasteiger partial charge in [0.05, 0.1) is 12.7 Å². The lowest BCUT2D eigenvalue weighted by atomic mass is 10.1. The average molecular weight is 252 g/mol. The molecule has 0 saturated heterocycles. The summed E-state index contributed by atoms with van der Waals surface area (Å²) in [6.45, 7) is 1.76. The van der Waals surface area contributed by atoms with Gasteiger partial charge in [-0.15, -0.1) is 0 Å². The molecule has 1 atom stereocenters. The van der Waals surface area contributed by atoms with E-state index in [1.807, 2.05) is 0 Å². The molecule has 0 aliphatic rings. The van der Waals surface area contributed by atoms with Gasteiger partial charge in [0.15, 0.2) is 0 Å². The van der Waals surface area contributed by atoms with Crippen molar-refractivity contribution in [2.45, 2.75) is 25.8 Å². The molecule has 98 valence electrons. The van der Waals surface area contributed by atoms with Crippen molar-refractivity contribution >= 4 is 11.9 Å². The molecule has 0 bridgehead atoms. The molecule has 0 radical (unpaired) electrons. The summed E-state index contributed by atoms with van der Waals surface area (Å²) in [5.41, 5.74) is 0.415. The van der Waals surface area contributed by atoms with Crippen molar-refractivity contribution in [2.24, 2.45) is 0 Å². The van der Waals surface area contributed by atoms with Gasteiger partial charge in [-0.05, 0) is 19.4 Å². The second-order valence-corrected chi connectivity index (χ2v) is 3.90. The van der Waals surface area contributed by atoms with Crippen LogP contribution in [0.15, 0.2) is 18.3 Å². The van der Waals surface area contributed by atoms with Crippen LogP contribution in [0.25, 0.3) is 0 Å². The van der Waals surface area contributed by atoms with Crippen LogP contribution in [-0.4, -0.2) is 35.1 Å². The highest BCUT2D eigenvalue weighted by molar-refractivity contribution is 5.94. The molecule has 18 heavy (non-hydrogen) atoms. The van der Waals surface area contributed by atoms with E-state index in [1.54, 1.807) is 19.1 Å². The lowest BCUT2D eigenvalue weighted by Crippen LogP contribution is -2.32. The molecule has 2 N–H and O–H groups in total. The SMILES string of the molecule is COc1ccc(C(=O)NC(C)CCC(=O)O)cn1. The number of methoxy groups -OCH3 is 1. The Morgan fingerprint density at radius 1 is 1.50 bits per heavy atom. The minimum absolute atomic E-state index is 0.0301. The zero-order valence-electron chi connectivity index (χ0n) is 10.3. The summed E-state index contributed by atoms with van der Waals surface area (Å²) in [7, 11) is 1.50. The van der Waals surface area contributed by atoms with Gasteiger partial charge in [-0.2, -0.15) is 0 Å². The van der Waals surface area contributed by atoms with Crippen LogP contribution in [0.4, 0.5) is 0 Å². The number of amides is 1. The van der Waals surface area contributed by atoms with Crippen LogP contribution in [0.2, 0.25) is 0 Å².